The Morgan fingerprint density at radius 3 is 2.18 bits per heavy atom. The maximum absolute atomic E-state index is 14.5. The molecule has 10 heteroatoms. The zero-order valence-electron chi connectivity index (χ0n) is 24.5. The highest BCUT2D eigenvalue weighted by molar-refractivity contribution is 6.88. The number of methoxy groups -OCH3 is 1. The van der Waals surface area contributed by atoms with Crippen molar-refractivity contribution in [3.63, 3.8) is 0 Å². The van der Waals surface area contributed by atoms with Crippen molar-refractivity contribution in [2.45, 2.75) is 90.5 Å². The smallest absolute Gasteiger partial charge is 0.421 e. The molecule has 0 unspecified atom stereocenters. The highest BCUT2D eigenvalue weighted by atomic mass is 28.3. The van der Waals surface area contributed by atoms with Crippen molar-refractivity contribution in [3.05, 3.63) is 47.7 Å². The summed E-state index contributed by atoms with van der Waals surface area (Å²) in [6, 6.07) is 8.29. The number of hydrogen-bond acceptors (Lipinski definition) is 7. The van der Waals surface area contributed by atoms with Gasteiger partial charge in [0.2, 0.25) is 0 Å². The van der Waals surface area contributed by atoms with Gasteiger partial charge in [-0.15, -0.1) is 0 Å². The van der Waals surface area contributed by atoms with Crippen molar-refractivity contribution < 1.29 is 33.0 Å². The van der Waals surface area contributed by atoms with Crippen LogP contribution in [0.15, 0.2) is 41.0 Å². The number of cyclic esters (lactones) is 1. The molecule has 2 fully saturated rings. The molecule has 1 spiro atoms. The fraction of sp³-hybridized carbons (Fsp3) is 0.552. The standard InChI is InChI=1S/C29H40N2O7Si/c1-17(2)23-29(31(26(33)37-23)27(34)38-28(4,5)6)22(21-15-16-36-24(21)39(8,9)10)30(25(29)32)18(3)19-11-13-20(35-7)14-12-19/h11-18,22-23H,1-10H3/t18-,22-,23-,29-/m0/s1. The third kappa shape index (κ3) is 4.62. The summed E-state index contributed by atoms with van der Waals surface area (Å²) in [5.41, 5.74) is -0.831. The van der Waals surface area contributed by atoms with Crippen LogP contribution in [0.3, 0.4) is 0 Å². The quantitative estimate of drug-likeness (QED) is 0.336. The van der Waals surface area contributed by atoms with E-state index in [1.54, 1.807) is 39.0 Å². The molecule has 0 radical (unpaired) electrons. The Bertz CT molecular complexity index is 1260. The Kier molecular flexibility index (Phi) is 7.16. The number of rotatable bonds is 6. The van der Waals surface area contributed by atoms with Gasteiger partial charge < -0.3 is 23.5 Å². The van der Waals surface area contributed by atoms with Crippen LogP contribution in [0.2, 0.25) is 19.6 Å². The van der Waals surface area contributed by atoms with Crippen LogP contribution >= 0.6 is 0 Å². The molecule has 0 saturated carbocycles. The van der Waals surface area contributed by atoms with Crippen LogP contribution in [0.25, 0.3) is 0 Å². The fourth-order valence-electron chi connectivity index (χ4n) is 5.76. The minimum Gasteiger partial charge on any atom is -0.497 e. The van der Waals surface area contributed by atoms with Crippen LogP contribution in [0.1, 0.15) is 64.8 Å². The second-order valence-electron chi connectivity index (χ2n) is 12.7. The molecular formula is C29H40N2O7Si. The second-order valence-corrected chi connectivity index (χ2v) is 17.7. The zero-order chi connectivity index (χ0) is 29.1. The van der Waals surface area contributed by atoms with Crippen molar-refractivity contribution in [1.29, 1.82) is 0 Å². The van der Waals surface area contributed by atoms with Crippen LogP contribution in [0.4, 0.5) is 9.59 Å². The van der Waals surface area contributed by atoms with Gasteiger partial charge in [0.05, 0.1) is 30.8 Å². The monoisotopic (exact) mass is 556 g/mol. The van der Waals surface area contributed by atoms with Crippen molar-refractivity contribution in [1.82, 2.24) is 9.80 Å². The van der Waals surface area contributed by atoms with Gasteiger partial charge in [0, 0.05) is 5.56 Å². The molecule has 2 aliphatic rings. The van der Waals surface area contributed by atoms with Crippen LogP contribution < -0.4 is 10.1 Å². The average molecular weight is 557 g/mol. The minimum absolute atomic E-state index is 0.256. The number of ether oxygens (including phenoxy) is 3. The van der Waals surface area contributed by atoms with E-state index in [9.17, 15) is 14.4 Å². The second kappa shape index (κ2) is 9.73. The largest absolute Gasteiger partial charge is 0.497 e. The number of furan rings is 1. The van der Waals surface area contributed by atoms with Gasteiger partial charge in [-0.25, -0.2) is 9.59 Å². The number of carbonyl (C=O) groups excluding carboxylic acids is 3. The lowest BCUT2D eigenvalue weighted by molar-refractivity contribution is -0.184. The zero-order valence-corrected chi connectivity index (χ0v) is 25.5. The first-order valence-electron chi connectivity index (χ1n) is 13.3. The highest BCUT2D eigenvalue weighted by Gasteiger charge is 2.78. The molecule has 3 heterocycles. The maximum atomic E-state index is 14.5. The van der Waals surface area contributed by atoms with E-state index in [4.69, 9.17) is 18.6 Å². The van der Waals surface area contributed by atoms with Gasteiger partial charge in [-0.2, -0.15) is 4.90 Å². The van der Waals surface area contributed by atoms with Crippen LogP contribution in [0.5, 0.6) is 5.75 Å². The molecule has 39 heavy (non-hydrogen) atoms. The van der Waals surface area contributed by atoms with E-state index < -0.39 is 43.5 Å². The van der Waals surface area contributed by atoms with Crippen LogP contribution in [0, 0.1) is 5.92 Å². The molecule has 0 bridgehead atoms. The van der Waals surface area contributed by atoms with Gasteiger partial charge >= 0.3 is 12.2 Å². The number of hydrogen-bond donors (Lipinski definition) is 0. The molecule has 2 aliphatic heterocycles. The number of nitrogens with zero attached hydrogens (tertiary/aromatic N) is 2. The van der Waals surface area contributed by atoms with Crippen molar-refractivity contribution >= 4 is 31.6 Å². The first-order chi connectivity index (χ1) is 18.1. The summed E-state index contributed by atoms with van der Waals surface area (Å²) in [4.78, 5) is 44.2. The summed E-state index contributed by atoms with van der Waals surface area (Å²) in [5.74, 6) is 0.0815. The van der Waals surface area contributed by atoms with E-state index in [-0.39, 0.29) is 17.9 Å². The van der Waals surface area contributed by atoms with E-state index in [2.05, 4.69) is 19.6 Å². The van der Waals surface area contributed by atoms with Gasteiger partial charge in [0.15, 0.2) is 5.54 Å². The molecule has 3 amide bonds. The van der Waals surface area contributed by atoms with Gasteiger partial charge in [-0.3, -0.25) is 4.79 Å². The van der Waals surface area contributed by atoms with E-state index in [0.717, 1.165) is 21.4 Å². The van der Waals surface area contributed by atoms with E-state index in [0.29, 0.717) is 5.75 Å². The average Bonchev–Trinajstić information content (AvgIpc) is 3.44. The number of benzene rings is 1. The Balaban J connectivity index is 1.93. The number of imide groups is 1. The van der Waals surface area contributed by atoms with Crippen molar-refractivity contribution in [2.75, 3.05) is 7.11 Å². The molecule has 1 aromatic heterocycles. The normalized spacial score (nSPS) is 24.2. The first-order valence-corrected chi connectivity index (χ1v) is 16.8. The molecule has 1 aromatic carbocycles. The molecule has 212 valence electrons. The highest BCUT2D eigenvalue weighted by Crippen LogP contribution is 2.57. The summed E-state index contributed by atoms with van der Waals surface area (Å²) in [5, 5.41) is 0.803. The molecule has 2 saturated heterocycles. The molecule has 4 atom stereocenters. The summed E-state index contributed by atoms with van der Waals surface area (Å²) < 4.78 is 22.8. The SMILES string of the molecule is COc1ccc([C@H](C)N2C(=O)[C@]3([C@@H]2c2ccoc2[Si](C)(C)C)[C@H](C(C)C)OC(=O)N3C(=O)OC(C)(C)C)cc1. The number of carbonyl (C=O) groups is 3. The minimum atomic E-state index is -2.05. The molecule has 4 rings (SSSR count). The summed E-state index contributed by atoms with van der Waals surface area (Å²) in [6.07, 6.45) is -1.03. The molecule has 2 aromatic rings. The van der Waals surface area contributed by atoms with Gasteiger partial charge in [0.25, 0.3) is 5.91 Å². The van der Waals surface area contributed by atoms with E-state index >= 15 is 0 Å². The molecular weight excluding hydrogens is 516 g/mol. The predicted molar refractivity (Wildman–Crippen MR) is 149 cm³/mol. The van der Waals surface area contributed by atoms with Gasteiger partial charge in [-0.1, -0.05) is 45.6 Å². The molecule has 0 N–H and O–H groups in total. The molecule has 0 aliphatic carbocycles. The van der Waals surface area contributed by atoms with Crippen molar-refractivity contribution in [3.8, 4) is 5.75 Å². The number of amides is 3. The Morgan fingerprint density at radius 1 is 1.05 bits per heavy atom. The number of β-lactam (4-membered cyclic amide) rings is 1. The van der Waals surface area contributed by atoms with Gasteiger partial charge in [-0.05, 0) is 57.4 Å². The predicted octanol–water partition coefficient (Wildman–Crippen LogP) is 5.63. The summed E-state index contributed by atoms with van der Waals surface area (Å²) in [6.45, 7) is 17.3. The first kappa shape index (κ1) is 28.7. The van der Waals surface area contributed by atoms with Gasteiger partial charge in [0.1, 0.15) is 25.5 Å². The summed E-state index contributed by atoms with van der Waals surface area (Å²) >= 11 is 0. The number of likely N-dealkylation sites (tertiary alicyclic amines) is 1. The third-order valence-corrected chi connectivity index (χ3v) is 9.12. The lowest BCUT2D eigenvalue weighted by Gasteiger charge is -2.59. The Morgan fingerprint density at radius 2 is 1.67 bits per heavy atom. The summed E-state index contributed by atoms with van der Waals surface area (Å²) in [7, 11) is -0.452. The van der Waals surface area contributed by atoms with Crippen molar-refractivity contribution in [2.24, 2.45) is 5.92 Å². The topological polar surface area (TPSA) is 98.5 Å². The molecule has 9 nitrogen and oxygen atoms in total. The van der Waals surface area contributed by atoms with Crippen LogP contribution in [-0.4, -0.2) is 60.3 Å². The Hall–Kier alpha value is -3.27. The Labute approximate surface area is 231 Å². The lowest BCUT2D eigenvalue weighted by Crippen LogP contribution is -2.79. The third-order valence-electron chi connectivity index (χ3n) is 7.35. The fourth-order valence-corrected chi connectivity index (χ4v) is 7.27. The van der Waals surface area contributed by atoms with E-state index in [1.165, 1.54) is 0 Å². The van der Waals surface area contributed by atoms with E-state index in [1.807, 2.05) is 51.1 Å². The maximum Gasteiger partial charge on any atom is 0.421 e. The lowest BCUT2D eigenvalue weighted by atomic mass is 9.67. The van der Waals surface area contributed by atoms with Crippen LogP contribution in [-0.2, 0) is 14.3 Å².